The first-order chi connectivity index (χ1) is 8.78. The van der Waals surface area contributed by atoms with Gasteiger partial charge in [-0.1, -0.05) is 23.8 Å². The van der Waals surface area contributed by atoms with Crippen LogP contribution in [-0.2, 0) is 14.3 Å². The van der Waals surface area contributed by atoms with Crippen molar-refractivity contribution in [3.63, 3.8) is 0 Å². The van der Waals surface area contributed by atoms with E-state index in [2.05, 4.69) is 6.08 Å². The fraction of sp³-hybridized carbons (Fsp3) is 0.600. The molecular formula is C15H22O4. The largest absolute Gasteiger partial charge is 0.481 e. The summed E-state index contributed by atoms with van der Waals surface area (Å²) >= 11 is 0. The fourth-order valence-electron chi connectivity index (χ4n) is 1.97. The molecule has 0 saturated heterocycles. The number of hydrogen-bond acceptors (Lipinski definition) is 3. The van der Waals surface area contributed by atoms with Crippen LogP contribution >= 0.6 is 0 Å². The molecule has 0 aromatic rings. The maximum atomic E-state index is 12.0. The Morgan fingerprint density at radius 3 is 2.58 bits per heavy atom. The second-order valence-corrected chi connectivity index (χ2v) is 5.82. The summed E-state index contributed by atoms with van der Waals surface area (Å²) in [5.74, 6) is -2.00. The molecule has 0 radical (unpaired) electrons. The Morgan fingerprint density at radius 2 is 2.11 bits per heavy atom. The van der Waals surface area contributed by atoms with Gasteiger partial charge in [-0.3, -0.25) is 9.59 Å². The van der Waals surface area contributed by atoms with E-state index in [0.29, 0.717) is 6.42 Å². The molecule has 0 fully saturated rings. The lowest BCUT2D eigenvalue weighted by Gasteiger charge is -2.24. The van der Waals surface area contributed by atoms with Gasteiger partial charge >= 0.3 is 11.9 Å². The molecule has 0 aliphatic heterocycles. The minimum absolute atomic E-state index is 0.185. The minimum Gasteiger partial charge on any atom is -0.481 e. The van der Waals surface area contributed by atoms with Crippen LogP contribution in [0, 0.1) is 5.92 Å². The lowest BCUT2D eigenvalue weighted by atomic mass is 9.91. The molecule has 4 nitrogen and oxygen atoms in total. The standard InChI is InChI=1S/C15H22O4/c1-15(2,3)19-14(18)12(10-13(16)17)9-11-7-5-4-6-8-11/h4-5,7,12H,6,8-10H2,1-3H3,(H,16,17). The molecule has 0 bridgehead atoms. The van der Waals surface area contributed by atoms with Gasteiger partial charge in [0.2, 0.25) is 0 Å². The fourth-order valence-corrected chi connectivity index (χ4v) is 1.97. The molecule has 1 aliphatic carbocycles. The Labute approximate surface area is 114 Å². The first-order valence-corrected chi connectivity index (χ1v) is 6.57. The van der Waals surface area contributed by atoms with Crippen molar-refractivity contribution in [2.45, 2.75) is 52.1 Å². The molecule has 0 aromatic carbocycles. The molecule has 1 aliphatic rings. The third-order valence-electron chi connectivity index (χ3n) is 2.77. The lowest BCUT2D eigenvalue weighted by Crippen LogP contribution is -2.30. The minimum atomic E-state index is -0.970. The van der Waals surface area contributed by atoms with Gasteiger partial charge in [0.1, 0.15) is 5.60 Å². The van der Waals surface area contributed by atoms with E-state index in [4.69, 9.17) is 9.84 Å². The molecule has 0 saturated carbocycles. The van der Waals surface area contributed by atoms with Crippen LogP contribution in [0.4, 0.5) is 0 Å². The van der Waals surface area contributed by atoms with Crippen LogP contribution in [-0.4, -0.2) is 22.6 Å². The van der Waals surface area contributed by atoms with E-state index in [9.17, 15) is 9.59 Å². The number of aliphatic carboxylic acids is 1. The van der Waals surface area contributed by atoms with Crippen LogP contribution < -0.4 is 0 Å². The highest BCUT2D eigenvalue weighted by molar-refractivity contribution is 5.79. The number of esters is 1. The number of carboxylic acids is 1. The number of carbonyl (C=O) groups is 2. The van der Waals surface area contributed by atoms with Gasteiger partial charge in [-0.05, 0) is 40.0 Å². The van der Waals surface area contributed by atoms with Gasteiger partial charge in [-0.2, -0.15) is 0 Å². The summed E-state index contributed by atoms with van der Waals surface area (Å²) in [5.41, 5.74) is 0.522. The molecule has 0 amide bonds. The highest BCUT2D eigenvalue weighted by Crippen LogP contribution is 2.25. The first-order valence-electron chi connectivity index (χ1n) is 6.57. The van der Waals surface area contributed by atoms with E-state index in [0.717, 1.165) is 18.4 Å². The molecule has 1 N–H and O–H groups in total. The zero-order valence-electron chi connectivity index (χ0n) is 11.8. The number of rotatable bonds is 5. The number of hydrogen-bond donors (Lipinski definition) is 1. The van der Waals surface area contributed by atoms with Crippen LogP contribution in [0.1, 0.15) is 46.5 Å². The molecule has 0 heterocycles. The van der Waals surface area contributed by atoms with Gasteiger partial charge in [-0.25, -0.2) is 0 Å². The molecule has 1 unspecified atom stereocenters. The third kappa shape index (κ3) is 6.22. The lowest BCUT2D eigenvalue weighted by molar-refractivity contribution is -0.162. The Hall–Kier alpha value is -1.58. The Balaban J connectivity index is 2.70. The van der Waals surface area contributed by atoms with Crippen LogP contribution in [0.2, 0.25) is 0 Å². The van der Waals surface area contributed by atoms with E-state index in [1.165, 1.54) is 0 Å². The molecule has 106 valence electrons. The molecule has 19 heavy (non-hydrogen) atoms. The maximum absolute atomic E-state index is 12.0. The van der Waals surface area contributed by atoms with Gasteiger partial charge in [0.25, 0.3) is 0 Å². The predicted octanol–water partition coefficient (Wildman–Crippen LogP) is 3.09. The zero-order valence-corrected chi connectivity index (χ0v) is 11.8. The van der Waals surface area contributed by atoms with Gasteiger partial charge in [0.05, 0.1) is 12.3 Å². The summed E-state index contributed by atoms with van der Waals surface area (Å²) in [6.45, 7) is 5.35. The van der Waals surface area contributed by atoms with Crippen LogP contribution in [0.5, 0.6) is 0 Å². The first kappa shape index (κ1) is 15.5. The summed E-state index contributed by atoms with van der Waals surface area (Å²) in [6.07, 6.45) is 8.08. The highest BCUT2D eigenvalue weighted by atomic mass is 16.6. The quantitative estimate of drug-likeness (QED) is 0.777. The number of carboxylic acid groups (broad SMARTS) is 1. The van der Waals surface area contributed by atoms with E-state index in [1.807, 2.05) is 12.2 Å². The average molecular weight is 266 g/mol. The zero-order chi connectivity index (χ0) is 14.5. The van der Waals surface area contributed by atoms with E-state index in [1.54, 1.807) is 20.8 Å². The van der Waals surface area contributed by atoms with Crippen molar-refractivity contribution >= 4 is 11.9 Å². The van der Waals surface area contributed by atoms with Gasteiger partial charge in [0.15, 0.2) is 0 Å². The molecular weight excluding hydrogens is 244 g/mol. The Kier molecular flexibility index (Phi) is 5.33. The normalized spacial score (nSPS) is 16.7. The molecule has 0 spiro atoms. The Bertz CT molecular complexity index is 399. The van der Waals surface area contributed by atoms with Crippen molar-refractivity contribution < 1.29 is 19.4 Å². The average Bonchev–Trinajstić information content (AvgIpc) is 2.26. The second-order valence-electron chi connectivity index (χ2n) is 5.82. The summed E-state index contributed by atoms with van der Waals surface area (Å²) in [6, 6.07) is 0. The van der Waals surface area contributed by atoms with Crippen molar-refractivity contribution in [2.75, 3.05) is 0 Å². The second kappa shape index (κ2) is 6.55. The summed E-state index contributed by atoms with van der Waals surface area (Å²) < 4.78 is 5.29. The summed E-state index contributed by atoms with van der Waals surface area (Å²) in [7, 11) is 0. The number of allylic oxidation sites excluding steroid dienone is 4. The predicted molar refractivity (Wildman–Crippen MR) is 72.7 cm³/mol. The van der Waals surface area contributed by atoms with Gasteiger partial charge < -0.3 is 9.84 Å². The summed E-state index contributed by atoms with van der Waals surface area (Å²) in [5, 5.41) is 8.92. The van der Waals surface area contributed by atoms with Crippen molar-refractivity contribution in [2.24, 2.45) is 5.92 Å². The maximum Gasteiger partial charge on any atom is 0.310 e. The van der Waals surface area contributed by atoms with Gasteiger partial charge in [0, 0.05) is 0 Å². The topological polar surface area (TPSA) is 63.6 Å². The van der Waals surface area contributed by atoms with Crippen LogP contribution in [0.15, 0.2) is 23.8 Å². The van der Waals surface area contributed by atoms with E-state index in [-0.39, 0.29) is 6.42 Å². The number of carbonyl (C=O) groups excluding carboxylic acids is 1. The van der Waals surface area contributed by atoms with Crippen LogP contribution in [0.3, 0.4) is 0 Å². The van der Waals surface area contributed by atoms with Crippen molar-refractivity contribution in [1.82, 2.24) is 0 Å². The highest BCUT2D eigenvalue weighted by Gasteiger charge is 2.28. The molecule has 4 heteroatoms. The Morgan fingerprint density at radius 1 is 1.42 bits per heavy atom. The van der Waals surface area contributed by atoms with Crippen LogP contribution in [0.25, 0.3) is 0 Å². The van der Waals surface area contributed by atoms with Crippen molar-refractivity contribution in [1.29, 1.82) is 0 Å². The molecule has 0 aromatic heterocycles. The molecule has 1 atom stereocenters. The molecule has 1 rings (SSSR count). The third-order valence-corrected chi connectivity index (χ3v) is 2.77. The number of ether oxygens (including phenoxy) is 1. The van der Waals surface area contributed by atoms with E-state index < -0.39 is 23.5 Å². The van der Waals surface area contributed by atoms with Gasteiger partial charge in [-0.15, -0.1) is 0 Å². The SMILES string of the molecule is CC(C)(C)OC(=O)C(CC(=O)O)CC1=CC=CCC1. The summed E-state index contributed by atoms with van der Waals surface area (Å²) in [4.78, 5) is 22.9. The van der Waals surface area contributed by atoms with Crippen molar-refractivity contribution in [3.8, 4) is 0 Å². The monoisotopic (exact) mass is 266 g/mol. The van der Waals surface area contributed by atoms with Crippen molar-refractivity contribution in [3.05, 3.63) is 23.8 Å². The van der Waals surface area contributed by atoms with E-state index >= 15 is 0 Å². The smallest absolute Gasteiger partial charge is 0.310 e.